The van der Waals surface area contributed by atoms with Gasteiger partial charge in [0.25, 0.3) is 5.91 Å². The number of rotatable bonds is 7. The predicted octanol–water partition coefficient (Wildman–Crippen LogP) is 3.49. The molecule has 0 aliphatic carbocycles. The van der Waals surface area contributed by atoms with Gasteiger partial charge in [0.1, 0.15) is 17.7 Å². The number of hydrogen-bond acceptors (Lipinski definition) is 3. The van der Waals surface area contributed by atoms with Crippen LogP contribution in [0, 0.1) is 5.82 Å². The van der Waals surface area contributed by atoms with Crippen LogP contribution in [0.1, 0.15) is 43.6 Å². The Morgan fingerprint density at radius 2 is 1.83 bits per heavy atom. The zero-order valence-electron chi connectivity index (χ0n) is 18.3. The van der Waals surface area contributed by atoms with Crippen LogP contribution in [0.15, 0.2) is 53.5 Å². The van der Waals surface area contributed by atoms with Crippen LogP contribution in [0.25, 0.3) is 0 Å². The van der Waals surface area contributed by atoms with Gasteiger partial charge in [-0.3, -0.25) is 9.79 Å². The summed E-state index contributed by atoms with van der Waals surface area (Å²) < 4.78 is 18.7. The molecule has 30 heavy (non-hydrogen) atoms. The van der Waals surface area contributed by atoms with E-state index in [1.54, 1.807) is 25.2 Å². The molecular weight excluding hydrogens is 383 g/mol. The molecule has 0 radical (unpaired) electrons. The Morgan fingerprint density at radius 1 is 1.13 bits per heavy atom. The third kappa shape index (κ3) is 8.11. The van der Waals surface area contributed by atoms with E-state index in [9.17, 15) is 9.18 Å². The molecule has 0 heterocycles. The maximum Gasteiger partial charge on any atom is 0.251 e. The molecule has 1 unspecified atom stereocenters. The van der Waals surface area contributed by atoms with Crippen molar-refractivity contribution in [1.29, 1.82) is 0 Å². The largest absolute Gasteiger partial charge is 0.489 e. The highest BCUT2D eigenvalue weighted by atomic mass is 19.1. The van der Waals surface area contributed by atoms with Crippen molar-refractivity contribution >= 4 is 11.9 Å². The second-order valence-corrected chi connectivity index (χ2v) is 8.09. The molecule has 2 rings (SSSR count). The summed E-state index contributed by atoms with van der Waals surface area (Å²) in [5.41, 5.74) is 1.30. The number of carbonyl (C=O) groups is 1. The van der Waals surface area contributed by atoms with Gasteiger partial charge in [-0.1, -0.05) is 12.1 Å². The summed E-state index contributed by atoms with van der Waals surface area (Å²) in [6, 6.07) is 13.4. The summed E-state index contributed by atoms with van der Waals surface area (Å²) in [7, 11) is 1.69. The topological polar surface area (TPSA) is 74.8 Å². The number of ether oxygens (including phenoxy) is 1. The molecule has 0 aliphatic heterocycles. The molecule has 1 atom stereocenters. The van der Waals surface area contributed by atoms with Crippen LogP contribution in [0.5, 0.6) is 5.75 Å². The second kappa shape index (κ2) is 10.6. The fourth-order valence-corrected chi connectivity index (χ4v) is 2.67. The van der Waals surface area contributed by atoms with E-state index < -0.39 is 0 Å². The molecule has 0 bridgehead atoms. The van der Waals surface area contributed by atoms with Crippen molar-refractivity contribution in [1.82, 2.24) is 16.0 Å². The highest BCUT2D eigenvalue weighted by molar-refractivity contribution is 5.94. The first kappa shape index (κ1) is 23.2. The maximum atomic E-state index is 13.0. The van der Waals surface area contributed by atoms with Crippen molar-refractivity contribution < 1.29 is 13.9 Å². The summed E-state index contributed by atoms with van der Waals surface area (Å²) in [5, 5.41) is 9.39. The average molecular weight is 415 g/mol. The van der Waals surface area contributed by atoms with Crippen LogP contribution >= 0.6 is 0 Å². The summed E-state index contributed by atoms with van der Waals surface area (Å²) in [5.74, 6) is 0.837. The Labute approximate surface area is 177 Å². The zero-order valence-corrected chi connectivity index (χ0v) is 18.3. The van der Waals surface area contributed by atoms with Gasteiger partial charge < -0.3 is 20.7 Å². The molecule has 2 aromatic carbocycles. The van der Waals surface area contributed by atoms with Gasteiger partial charge in [0.05, 0.1) is 6.54 Å². The number of nitrogens with zero attached hydrogens (tertiary/aromatic N) is 1. The number of aliphatic imine (C=N–C) groups is 1. The van der Waals surface area contributed by atoms with Gasteiger partial charge in [-0.25, -0.2) is 4.39 Å². The molecule has 0 aromatic heterocycles. The SMILES string of the molecule is CN=C(NCc1cccc(C(=O)NC(C)(C)C)c1)NCC(C)Oc1ccc(F)cc1. The maximum absolute atomic E-state index is 13.0. The molecule has 6 nitrogen and oxygen atoms in total. The van der Waals surface area contributed by atoms with Gasteiger partial charge >= 0.3 is 0 Å². The molecule has 0 saturated carbocycles. The fourth-order valence-electron chi connectivity index (χ4n) is 2.67. The van der Waals surface area contributed by atoms with E-state index in [2.05, 4.69) is 20.9 Å². The number of hydrogen-bond donors (Lipinski definition) is 3. The van der Waals surface area contributed by atoms with Crippen LogP contribution in [-0.2, 0) is 6.54 Å². The molecule has 0 saturated heterocycles. The van der Waals surface area contributed by atoms with Gasteiger partial charge in [-0.2, -0.15) is 0 Å². The zero-order chi connectivity index (χ0) is 22.1. The minimum absolute atomic E-state index is 0.0985. The number of guanidine groups is 1. The van der Waals surface area contributed by atoms with Gasteiger partial charge in [-0.05, 0) is 69.7 Å². The minimum atomic E-state index is -0.294. The first-order valence-electron chi connectivity index (χ1n) is 9.94. The third-order valence-corrected chi connectivity index (χ3v) is 4.07. The van der Waals surface area contributed by atoms with Gasteiger partial charge in [0.15, 0.2) is 5.96 Å². The number of halogens is 1. The number of nitrogens with one attached hydrogen (secondary N) is 3. The van der Waals surface area contributed by atoms with Crippen molar-refractivity contribution in [2.75, 3.05) is 13.6 Å². The normalized spacial score (nSPS) is 12.8. The first-order valence-corrected chi connectivity index (χ1v) is 9.94. The Balaban J connectivity index is 1.84. The Bertz CT molecular complexity index is 860. The fraction of sp³-hybridized carbons (Fsp3) is 0.391. The van der Waals surface area contributed by atoms with Crippen LogP contribution in [0.4, 0.5) is 4.39 Å². The third-order valence-electron chi connectivity index (χ3n) is 4.07. The quantitative estimate of drug-likeness (QED) is 0.479. The summed E-state index contributed by atoms with van der Waals surface area (Å²) >= 11 is 0. The lowest BCUT2D eigenvalue weighted by Gasteiger charge is -2.20. The van der Waals surface area contributed by atoms with E-state index in [1.165, 1.54) is 12.1 Å². The molecule has 2 aromatic rings. The van der Waals surface area contributed by atoms with E-state index in [-0.39, 0.29) is 23.4 Å². The lowest BCUT2D eigenvalue weighted by Crippen LogP contribution is -2.41. The summed E-state index contributed by atoms with van der Waals surface area (Å²) in [6.45, 7) is 8.81. The van der Waals surface area contributed by atoms with Crippen molar-refractivity contribution in [3.8, 4) is 5.75 Å². The lowest BCUT2D eigenvalue weighted by molar-refractivity contribution is 0.0919. The number of amides is 1. The monoisotopic (exact) mass is 414 g/mol. The van der Waals surface area contributed by atoms with E-state index >= 15 is 0 Å². The smallest absolute Gasteiger partial charge is 0.251 e. The molecule has 162 valence electrons. The van der Waals surface area contributed by atoms with E-state index in [4.69, 9.17) is 4.74 Å². The lowest BCUT2D eigenvalue weighted by atomic mass is 10.1. The summed E-state index contributed by atoms with van der Waals surface area (Å²) in [6.07, 6.45) is -0.140. The summed E-state index contributed by atoms with van der Waals surface area (Å²) in [4.78, 5) is 16.6. The van der Waals surface area contributed by atoms with Crippen molar-refractivity contribution in [3.63, 3.8) is 0 Å². The molecular formula is C23H31FN4O2. The predicted molar refractivity (Wildman–Crippen MR) is 118 cm³/mol. The van der Waals surface area contributed by atoms with Gasteiger partial charge in [-0.15, -0.1) is 0 Å². The number of benzene rings is 2. The standard InChI is InChI=1S/C23H31FN4O2/c1-16(30-20-11-9-19(24)10-12-20)14-26-22(25-5)27-15-17-7-6-8-18(13-17)21(29)28-23(2,3)4/h6-13,16H,14-15H2,1-5H3,(H,28,29)(H2,25,26,27). The van der Waals surface area contributed by atoms with E-state index in [0.29, 0.717) is 30.4 Å². The van der Waals surface area contributed by atoms with E-state index in [0.717, 1.165) is 5.56 Å². The van der Waals surface area contributed by atoms with E-state index in [1.807, 2.05) is 45.9 Å². The molecule has 3 N–H and O–H groups in total. The number of carbonyl (C=O) groups excluding carboxylic acids is 1. The highest BCUT2D eigenvalue weighted by Crippen LogP contribution is 2.12. The Kier molecular flexibility index (Phi) is 8.21. The second-order valence-electron chi connectivity index (χ2n) is 8.09. The minimum Gasteiger partial charge on any atom is -0.489 e. The Hall–Kier alpha value is -3.09. The average Bonchev–Trinajstić information content (AvgIpc) is 2.69. The van der Waals surface area contributed by atoms with Crippen LogP contribution in [-0.4, -0.2) is 37.1 Å². The van der Waals surface area contributed by atoms with Crippen LogP contribution in [0.2, 0.25) is 0 Å². The van der Waals surface area contributed by atoms with Crippen molar-refractivity contribution in [2.24, 2.45) is 4.99 Å². The van der Waals surface area contributed by atoms with Crippen LogP contribution < -0.4 is 20.7 Å². The molecule has 0 aliphatic rings. The molecule has 0 spiro atoms. The first-order chi connectivity index (χ1) is 14.2. The van der Waals surface area contributed by atoms with Crippen LogP contribution in [0.3, 0.4) is 0 Å². The van der Waals surface area contributed by atoms with Crippen molar-refractivity contribution in [2.45, 2.75) is 45.9 Å². The molecule has 1 amide bonds. The molecule has 7 heteroatoms. The molecule has 0 fully saturated rings. The Morgan fingerprint density at radius 3 is 2.47 bits per heavy atom. The van der Waals surface area contributed by atoms with Crippen molar-refractivity contribution in [3.05, 3.63) is 65.5 Å². The van der Waals surface area contributed by atoms with Gasteiger partial charge in [0.2, 0.25) is 0 Å². The highest BCUT2D eigenvalue weighted by Gasteiger charge is 2.15. The van der Waals surface area contributed by atoms with Gasteiger partial charge in [0, 0.05) is 24.7 Å².